The number of fused-ring (bicyclic) bond motifs is 1. The van der Waals surface area contributed by atoms with Crippen molar-refractivity contribution in [3.05, 3.63) is 65.7 Å². The van der Waals surface area contributed by atoms with Crippen LogP contribution in [-0.2, 0) is 0 Å². The fraction of sp³-hybridized carbons (Fsp3) is 0.300. The molecule has 3 heteroatoms. The highest BCUT2D eigenvalue weighted by molar-refractivity contribution is 5.87. The Morgan fingerprint density at radius 2 is 1.65 bits per heavy atom. The number of para-hydroxylation sites is 2. The lowest BCUT2D eigenvalue weighted by atomic mass is 9.83. The van der Waals surface area contributed by atoms with Crippen molar-refractivity contribution < 1.29 is 9.47 Å². The van der Waals surface area contributed by atoms with E-state index in [9.17, 15) is 0 Å². The lowest BCUT2D eigenvalue weighted by molar-refractivity contribution is 0.0817. The van der Waals surface area contributed by atoms with Gasteiger partial charge in [0.05, 0.1) is 7.11 Å². The lowest BCUT2D eigenvalue weighted by Crippen LogP contribution is -2.46. The summed E-state index contributed by atoms with van der Waals surface area (Å²) in [5, 5.41) is 3.42. The molecule has 1 saturated heterocycles. The summed E-state index contributed by atoms with van der Waals surface area (Å²) in [7, 11) is 1.73. The van der Waals surface area contributed by atoms with Crippen molar-refractivity contribution in [2.75, 3.05) is 20.2 Å². The van der Waals surface area contributed by atoms with E-state index in [0.29, 0.717) is 0 Å². The summed E-state index contributed by atoms with van der Waals surface area (Å²) in [4.78, 5) is 0. The van der Waals surface area contributed by atoms with Gasteiger partial charge in [0.15, 0.2) is 0 Å². The minimum absolute atomic E-state index is 0.213. The van der Waals surface area contributed by atoms with E-state index in [1.807, 2.05) is 18.2 Å². The molecule has 1 N–H and O–H groups in total. The van der Waals surface area contributed by atoms with Crippen LogP contribution >= 0.6 is 0 Å². The maximum absolute atomic E-state index is 6.43. The number of methoxy groups -OCH3 is 1. The second-order valence-electron chi connectivity index (χ2n) is 6.17. The Kier molecular flexibility index (Phi) is 3.58. The maximum atomic E-state index is 6.43. The van der Waals surface area contributed by atoms with E-state index in [0.717, 1.165) is 48.6 Å². The summed E-state index contributed by atoms with van der Waals surface area (Å²) in [6.07, 6.45) is 4.29. The van der Waals surface area contributed by atoms with E-state index in [4.69, 9.17) is 9.47 Å². The SMILES string of the molecule is COc1ccccc1C1=CC2(CCNCC2)Oc2ccccc21. The number of rotatable bonds is 2. The molecule has 0 unspecified atom stereocenters. The summed E-state index contributed by atoms with van der Waals surface area (Å²) >= 11 is 0. The van der Waals surface area contributed by atoms with E-state index in [-0.39, 0.29) is 5.60 Å². The van der Waals surface area contributed by atoms with Gasteiger partial charge in [-0.05, 0) is 36.9 Å². The van der Waals surface area contributed by atoms with E-state index in [1.54, 1.807) is 7.11 Å². The van der Waals surface area contributed by atoms with E-state index in [1.165, 1.54) is 5.57 Å². The number of piperidine rings is 1. The van der Waals surface area contributed by atoms with Crippen molar-refractivity contribution in [1.82, 2.24) is 5.32 Å². The summed E-state index contributed by atoms with van der Waals surface area (Å²) in [6.45, 7) is 1.97. The number of benzene rings is 2. The van der Waals surface area contributed by atoms with E-state index in [2.05, 4.69) is 41.7 Å². The second-order valence-corrected chi connectivity index (χ2v) is 6.17. The Balaban J connectivity index is 1.89. The summed E-state index contributed by atoms with van der Waals surface area (Å²) in [5.74, 6) is 1.87. The minimum Gasteiger partial charge on any atom is -0.496 e. The largest absolute Gasteiger partial charge is 0.496 e. The highest BCUT2D eigenvalue weighted by Gasteiger charge is 2.37. The molecule has 0 aromatic heterocycles. The number of hydrogen-bond acceptors (Lipinski definition) is 3. The Morgan fingerprint density at radius 1 is 0.957 bits per heavy atom. The first-order chi connectivity index (χ1) is 11.3. The van der Waals surface area contributed by atoms with Gasteiger partial charge in [-0.25, -0.2) is 0 Å². The van der Waals surface area contributed by atoms with Crippen molar-refractivity contribution in [3.63, 3.8) is 0 Å². The molecule has 1 spiro atoms. The van der Waals surface area contributed by atoms with Crippen molar-refractivity contribution in [2.45, 2.75) is 18.4 Å². The molecule has 2 aliphatic heterocycles. The Hall–Kier alpha value is -2.26. The zero-order chi connectivity index (χ0) is 15.7. The van der Waals surface area contributed by atoms with Gasteiger partial charge in [-0.15, -0.1) is 0 Å². The highest BCUT2D eigenvalue weighted by atomic mass is 16.5. The molecule has 2 aliphatic rings. The molecule has 0 atom stereocenters. The molecule has 0 radical (unpaired) electrons. The molecule has 2 heterocycles. The maximum Gasteiger partial charge on any atom is 0.130 e. The van der Waals surface area contributed by atoms with Gasteiger partial charge >= 0.3 is 0 Å². The van der Waals surface area contributed by atoms with Crippen LogP contribution in [-0.4, -0.2) is 25.8 Å². The predicted molar refractivity (Wildman–Crippen MR) is 92.0 cm³/mol. The predicted octanol–water partition coefficient (Wildman–Crippen LogP) is 3.64. The van der Waals surface area contributed by atoms with Gasteiger partial charge in [-0.2, -0.15) is 0 Å². The van der Waals surface area contributed by atoms with Gasteiger partial charge in [0.25, 0.3) is 0 Å². The fourth-order valence-corrected chi connectivity index (χ4v) is 3.55. The van der Waals surface area contributed by atoms with Crippen molar-refractivity contribution in [2.24, 2.45) is 0 Å². The van der Waals surface area contributed by atoms with Gasteiger partial charge in [0, 0.05) is 24.0 Å². The Labute approximate surface area is 136 Å². The van der Waals surface area contributed by atoms with Crippen LogP contribution in [0.5, 0.6) is 11.5 Å². The molecule has 3 nitrogen and oxygen atoms in total. The number of nitrogens with one attached hydrogen (secondary N) is 1. The van der Waals surface area contributed by atoms with Crippen LogP contribution in [0.25, 0.3) is 5.57 Å². The number of hydrogen-bond donors (Lipinski definition) is 1. The van der Waals surface area contributed by atoms with Crippen LogP contribution in [0, 0.1) is 0 Å². The average molecular weight is 307 g/mol. The molecule has 23 heavy (non-hydrogen) atoms. The molecule has 118 valence electrons. The fourth-order valence-electron chi connectivity index (χ4n) is 3.55. The third kappa shape index (κ3) is 2.51. The van der Waals surface area contributed by atoms with Crippen LogP contribution in [0.4, 0.5) is 0 Å². The quantitative estimate of drug-likeness (QED) is 0.919. The number of ether oxygens (including phenoxy) is 2. The molecule has 0 bridgehead atoms. The summed E-state index contributed by atoms with van der Waals surface area (Å²) in [5.41, 5.74) is 3.27. The molecule has 4 rings (SSSR count). The van der Waals surface area contributed by atoms with Crippen molar-refractivity contribution >= 4 is 5.57 Å². The topological polar surface area (TPSA) is 30.5 Å². The smallest absolute Gasteiger partial charge is 0.130 e. The standard InChI is InChI=1S/C20H21NO2/c1-22-18-8-4-2-6-15(18)17-14-20(10-12-21-13-11-20)23-19-9-5-3-7-16(17)19/h2-9,14,21H,10-13H2,1H3. The molecule has 0 saturated carbocycles. The van der Waals surface area contributed by atoms with Gasteiger partial charge < -0.3 is 14.8 Å². The molecule has 2 aromatic rings. The summed E-state index contributed by atoms with van der Waals surface area (Å²) in [6, 6.07) is 16.5. The normalized spacial score (nSPS) is 18.7. The van der Waals surface area contributed by atoms with Crippen LogP contribution in [0.1, 0.15) is 24.0 Å². The molecular weight excluding hydrogens is 286 g/mol. The highest BCUT2D eigenvalue weighted by Crippen LogP contribution is 2.44. The molecular formula is C20H21NO2. The molecule has 2 aromatic carbocycles. The van der Waals surface area contributed by atoms with Crippen molar-refractivity contribution in [3.8, 4) is 11.5 Å². The zero-order valence-electron chi connectivity index (χ0n) is 13.3. The third-order valence-electron chi connectivity index (χ3n) is 4.74. The van der Waals surface area contributed by atoms with Gasteiger partial charge in [0.1, 0.15) is 17.1 Å². The molecule has 0 amide bonds. The first-order valence-corrected chi connectivity index (χ1v) is 8.17. The first kappa shape index (κ1) is 14.3. The van der Waals surface area contributed by atoms with Crippen LogP contribution in [0.3, 0.4) is 0 Å². The minimum atomic E-state index is -0.213. The molecule has 1 fully saturated rings. The van der Waals surface area contributed by atoms with E-state index >= 15 is 0 Å². The van der Waals surface area contributed by atoms with Crippen LogP contribution in [0.15, 0.2) is 54.6 Å². The van der Waals surface area contributed by atoms with Crippen LogP contribution < -0.4 is 14.8 Å². The Bertz CT molecular complexity index is 745. The van der Waals surface area contributed by atoms with Gasteiger partial charge in [0.2, 0.25) is 0 Å². The first-order valence-electron chi connectivity index (χ1n) is 8.17. The zero-order valence-corrected chi connectivity index (χ0v) is 13.3. The summed E-state index contributed by atoms with van der Waals surface area (Å²) < 4.78 is 12.0. The van der Waals surface area contributed by atoms with Gasteiger partial charge in [-0.1, -0.05) is 36.4 Å². The second kappa shape index (κ2) is 5.74. The monoisotopic (exact) mass is 307 g/mol. The lowest BCUT2D eigenvalue weighted by Gasteiger charge is -2.40. The van der Waals surface area contributed by atoms with Gasteiger partial charge in [-0.3, -0.25) is 0 Å². The third-order valence-corrected chi connectivity index (χ3v) is 4.74. The average Bonchev–Trinajstić information content (AvgIpc) is 2.61. The Morgan fingerprint density at radius 3 is 2.43 bits per heavy atom. The van der Waals surface area contributed by atoms with Crippen molar-refractivity contribution in [1.29, 1.82) is 0 Å². The van der Waals surface area contributed by atoms with Crippen LogP contribution in [0.2, 0.25) is 0 Å². The van der Waals surface area contributed by atoms with E-state index < -0.39 is 0 Å². The molecule has 0 aliphatic carbocycles.